The van der Waals surface area contributed by atoms with Gasteiger partial charge in [0.25, 0.3) is 0 Å². The van der Waals surface area contributed by atoms with Gasteiger partial charge in [0, 0.05) is 40.8 Å². The average Bonchev–Trinajstić information content (AvgIpc) is 2.62. The maximum absolute atomic E-state index is 9.61. The second-order valence-electron chi connectivity index (χ2n) is 5.48. The van der Waals surface area contributed by atoms with E-state index in [9.17, 15) is 5.11 Å². The summed E-state index contributed by atoms with van der Waals surface area (Å²) in [7, 11) is 0. The van der Waals surface area contributed by atoms with Crippen molar-refractivity contribution >= 4 is 22.3 Å². The molecule has 0 saturated carbocycles. The summed E-state index contributed by atoms with van der Waals surface area (Å²) in [6, 6.07) is 20.9. The molecule has 0 unspecified atom stereocenters. The Morgan fingerprint density at radius 2 is 1.75 bits per heavy atom. The minimum atomic E-state index is 0.232. The number of fused-ring (bicyclic) bond motifs is 1. The Morgan fingerprint density at radius 3 is 2.58 bits per heavy atom. The van der Waals surface area contributed by atoms with Gasteiger partial charge in [-0.25, -0.2) is 0 Å². The number of hydrogen-bond donors (Lipinski definition) is 2. The highest BCUT2D eigenvalue weighted by molar-refractivity contribution is 5.95. The monoisotopic (exact) mass is 313 g/mol. The Balaban J connectivity index is 1.75. The van der Waals surface area contributed by atoms with Crippen LogP contribution in [0.4, 0.5) is 11.4 Å². The van der Waals surface area contributed by atoms with E-state index in [0.29, 0.717) is 0 Å². The number of pyridine rings is 2. The predicted molar refractivity (Wildman–Crippen MR) is 96.4 cm³/mol. The SMILES string of the molecule is Oc1cccc(Nc2ccnc3cc(-c4ccccn4)ccc23)c1. The summed E-state index contributed by atoms with van der Waals surface area (Å²) < 4.78 is 0. The van der Waals surface area contributed by atoms with Crippen LogP contribution in [-0.2, 0) is 0 Å². The average molecular weight is 313 g/mol. The third-order valence-corrected chi connectivity index (χ3v) is 3.83. The van der Waals surface area contributed by atoms with E-state index in [-0.39, 0.29) is 5.75 Å². The molecule has 4 nitrogen and oxygen atoms in total. The smallest absolute Gasteiger partial charge is 0.117 e. The zero-order valence-corrected chi connectivity index (χ0v) is 12.8. The molecule has 0 aliphatic carbocycles. The van der Waals surface area contributed by atoms with Gasteiger partial charge in [-0.05, 0) is 36.4 Å². The predicted octanol–water partition coefficient (Wildman–Crippen LogP) is 4.75. The van der Waals surface area contributed by atoms with Crippen molar-refractivity contribution in [1.29, 1.82) is 0 Å². The van der Waals surface area contributed by atoms with Crippen LogP contribution in [-0.4, -0.2) is 15.1 Å². The zero-order valence-electron chi connectivity index (χ0n) is 12.8. The maximum atomic E-state index is 9.61. The van der Waals surface area contributed by atoms with Gasteiger partial charge < -0.3 is 10.4 Å². The van der Waals surface area contributed by atoms with Crippen LogP contribution in [0.2, 0.25) is 0 Å². The highest BCUT2D eigenvalue weighted by Gasteiger charge is 2.06. The van der Waals surface area contributed by atoms with E-state index in [2.05, 4.69) is 15.3 Å². The minimum Gasteiger partial charge on any atom is -0.508 e. The number of anilines is 2. The highest BCUT2D eigenvalue weighted by atomic mass is 16.3. The second-order valence-corrected chi connectivity index (χ2v) is 5.48. The molecule has 0 aliphatic heterocycles. The van der Waals surface area contributed by atoms with Crippen LogP contribution in [0, 0.1) is 0 Å². The number of rotatable bonds is 3. The molecule has 0 saturated heterocycles. The Morgan fingerprint density at radius 1 is 0.792 bits per heavy atom. The molecule has 4 rings (SSSR count). The number of phenolic OH excluding ortho intramolecular Hbond substituents is 1. The van der Waals surface area contributed by atoms with Crippen molar-refractivity contribution in [2.75, 3.05) is 5.32 Å². The van der Waals surface area contributed by atoms with Crippen LogP contribution in [0.3, 0.4) is 0 Å². The van der Waals surface area contributed by atoms with Gasteiger partial charge in [0.15, 0.2) is 0 Å². The van der Waals surface area contributed by atoms with E-state index in [1.807, 2.05) is 48.5 Å². The highest BCUT2D eigenvalue weighted by Crippen LogP contribution is 2.29. The minimum absolute atomic E-state index is 0.232. The maximum Gasteiger partial charge on any atom is 0.117 e. The third-order valence-electron chi connectivity index (χ3n) is 3.83. The van der Waals surface area contributed by atoms with Gasteiger partial charge >= 0.3 is 0 Å². The lowest BCUT2D eigenvalue weighted by Gasteiger charge is -2.10. The van der Waals surface area contributed by atoms with E-state index in [0.717, 1.165) is 33.5 Å². The largest absolute Gasteiger partial charge is 0.508 e. The van der Waals surface area contributed by atoms with Crippen LogP contribution >= 0.6 is 0 Å². The first-order valence-corrected chi connectivity index (χ1v) is 7.66. The summed E-state index contributed by atoms with van der Waals surface area (Å²) in [6.45, 7) is 0. The molecule has 2 N–H and O–H groups in total. The Hall–Kier alpha value is -3.40. The fraction of sp³-hybridized carbons (Fsp3) is 0. The van der Waals surface area contributed by atoms with Gasteiger partial charge in [-0.1, -0.05) is 24.3 Å². The second kappa shape index (κ2) is 6.01. The Labute approximate surface area is 139 Å². The lowest BCUT2D eigenvalue weighted by Crippen LogP contribution is -1.93. The Bertz CT molecular complexity index is 1000. The first-order chi connectivity index (χ1) is 11.8. The van der Waals surface area contributed by atoms with E-state index in [1.165, 1.54) is 0 Å². The van der Waals surface area contributed by atoms with Gasteiger partial charge in [-0.2, -0.15) is 0 Å². The van der Waals surface area contributed by atoms with Crippen molar-refractivity contribution in [2.45, 2.75) is 0 Å². The fourth-order valence-corrected chi connectivity index (χ4v) is 2.69. The molecule has 24 heavy (non-hydrogen) atoms. The van der Waals surface area contributed by atoms with Crippen LogP contribution in [0.25, 0.3) is 22.2 Å². The fourth-order valence-electron chi connectivity index (χ4n) is 2.69. The lowest BCUT2D eigenvalue weighted by molar-refractivity contribution is 0.475. The molecule has 0 radical (unpaired) electrons. The van der Waals surface area contributed by atoms with Crippen LogP contribution in [0.1, 0.15) is 0 Å². The first-order valence-electron chi connectivity index (χ1n) is 7.66. The molecule has 4 heteroatoms. The first kappa shape index (κ1) is 14.2. The molecular formula is C20H15N3O. The molecule has 2 aromatic carbocycles. The molecule has 4 aromatic rings. The third kappa shape index (κ3) is 2.77. The molecule has 0 bridgehead atoms. The molecule has 0 aliphatic rings. The van der Waals surface area contributed by atoms with Crippen molar-refractivity contribution in [2.24, 2.45) is 0 Å². The summed E-state index contributed by atoms with van der Waals surface area (Å²) in [5.74, 6) is 0.232. The quantitative estimate of drug-likeness (QED) is 0.573. The molecule has 2 aromatic heterocycles. The molecular weight excluding hydrogens is 298 g/mol. The number of aromatic hydroxyl groups is 1. The summed E-state index contributed by atoms with van der Waals surface area (Å²) in [5, 5.41) is 14.0. The number of nitrogens with zero attached hydrogens (tertiary/aromatic N) is 2. The summed E-state index contributed by atoms with van der Waals surface area (Å²) in [4.78, 5) is 8.85. The number of aromatic nitrogens is 2. The molecule has 0 spiro atoms. The van der Waals surface area contributed by atoms with Crippen molar-refractivity contribution in [3.8, 4) is 17.0 Å². The van der Waals surface area contributed by atoms with Gasteiger partial charge in [0.1, 0.15) is 5.75 Å². The van der Waals surface area contributed by atoms with Crippen molar-refractivity contribution < 1.29 is 5.11 Å². The number of nitrogens with one attached hydrogen (secondary N) is 1. The van der Waals surface area contributed by atoms with Gasteiger partial charge in [-0.15, -0.1) is 0 Å². The molecule has 0 fully saturated rings. The van der Waals surface area contributed by atoms with E-state index in [1.54, 1.807) is 30.6 Å². The number of benzene rings is 2. The van der Waals surface area contributed by atoms with Crippen LogP contribution in [0.15, 0.2) is 79.1 Å². The zero-order chi connectivity index (χ0) is 16.4. The summed E-state index contributed by atoms with van der Waals surface area (Å²) in [5.41, 5.74) is 4.62. The number of phenols is 1. The van der Waals surface area contributed by atoms with Gasteiger partial charge in [0.05, 0.1) is 11.2 Å². The summed E-state index contributed by atoms with van der Waals surface area (Å²) in [6.07, 6.45) is 3.56. The molecule has 0 amide bonds. The van der Waals surface area contributed by atoms with Crippen LogP contribution in [0.5, 0.6) is 5.75 Å². The van der Waals surface area contributed by atoms with E-state index in [4.69, 9.17) is 0 Å². The normalized spacial score (nSPS) is 10.7. The van der Waals surface area contributed by atoms with Crippen LogP contribution < -0.4 is 5.32 Å². The van der Waals surface area contributed by atoms with E-state index < -0.39 is 0 Å². The molecule has 0 atom stereocenters. The molecule has 116 valence electrons. The van der Waals surface area contributed by atoms with Crippen molar-refractivity contribution in [1.82, 2.24) is 9.97 Å². The van der Waals surface area contributed by atoms with Gasteiger partial charge in [-0.3, -0.25) is 9.97 Å². The standard InChI is InChI=1S/C20H15N3O/c24-16-5-3-4-15(13-16)23-19-9-11-22-20-12-14(7-8-17(19)20)18-6-1-2-10-21-18/h1-13,24H,(H,22,23). The van der Waals surface area contributed by atoms with Crippen molar-refractivity contribution in [3.05, 3.63) is 79.1 Å². The lowest BCUT2D eigenvalue weighted by atomic mass is 10.1. The van der Waals surface area contributed by atoms with Gasteiger partial charge in [0.2, 0.25) is 0 Å². The molecule has 2 heterocycles. The Kier molecular flexibility index (Phi) is 3.56. The van der Waals surface area contributed by atoms with E-state index >= 15 is 0 Å². The topological polar surface area (TPSA) is 58.0 Å². The van der Waals surface area contributed by atoms with Crippen molar-refractivity contribution in [3.63, 3.8) is 0 Å². The summed E-state index contributed by atoms with van der Waals surface area (Å²) >= 11 is 0. The number of hydrogen-bond acceptors (Lipinski definition) is 4.